The third-order valence-corrected chi connectivity index (χ3v) is 7.81. The highest BCUT2D eigenvalue weighted by molar-refractivity contribution is 7.20. The van der Waals surface area contributed by atoms with Crippen molar-refractivity contribution in [2.75, 3.05) is 69.7 Å². The molecule has 0 spiro atoms. The van der Waals surface area contributed by atoms with Gasteiger partial charge >= 0.3 is 0 Å². The molecule has 3 aromatic heterocycles. The number of carbonyl (C=O) groups excluding carboxylic acids is 1. The first-order valence-corrected chi connectivity index (χ1v) is 12.9. The first-order chi connectivity index (χ1) is 17.1. The molecule has 0 aliphatic carbocycles. The standard InChI is InChI=1S/C24H30FN7O2S/c1-26-22(33)20-19(17-3-2-6-28-23(17)35-20)16-4-8-31(9-5-16)10-7-27-21-18(25)15-29-24(30-21)32-11-13-34-14-12-32/h2-3,6,15-16H,4-5,7-14H2,1H3,(H,26,33)(H,27,29,30). The van der Waals surface area contributed by atoms with Crippen molar-refractivity contribution in [2.45, 2.75) is 18.8 Å². The number of ether oxygens (including phenoxy) is 1. The number of rotatable bonds is 7. The van der Waals surface area contributed by atoms with Gasteiger partial charge in [0, 0.05) is 44.8 Å². The van der Waals surface area contributed by atoms with E-state index in [1.165, 1.54) is 17.5 Å². The van der Waals surface area contributed by atoms with Gasteiger partial charge < -0.3 is 25.2 Å². The van der Waals surface area contributed by atoms with Crippen LogP contribution in [-0.4, -0.2) is 85.3 Å². The number of pyridine rings is 1. The second kappa shape index (κ2) is 10.8. The van der Waals surface area contributed by atoms with Crippen molar-refractivity contribution < 1.29 is 13.9 Å². The minimum absolute atomic E-state index is 0.0436. The Labute approximate surface area is 207 Å². The zero-order chi connectivity index (χ0) is 24.2. The van der Waals surface area contributed by atoms with Crippen LogP contribution in [0.15, 0.2) is 24.5 Å². The maximum absolute atomic E-state index is 14.3. The molecule has 9 nitrogen and oxygen atoms in total. The van der Waals surface area contributed by atoms with Crippen LogP contribution in [0.25, 0.3) is 10.2 Å². The highest BCUT2D eigenvalue weighted by atomic mass is 32.1. The molecule has 0 bridgehead atoms. The number of likely N-dealkylation sites (tertiary alicyclic amines) is 1. The number of piperidine rings is 1. The molecule has 3 aromatic rings. The summed E-state index contributed by atoms with van der Waals surface area (Å²) in [4.78, 5) is 31.6. The number of halogens is 1. The van der Waals surface area contributed by atoms with E-state index in [-0.39, 0.29) is 11.7 Å². The van der Waals surface area contributed by atoms with Crippen molar-refractivity contribution >= 4 is 39.2 Å². The van der Waals surface area contributed by atoms with Gasteiger partial charge in [-0.25, -0.2) is 14.4 Å². The van der Waals surface area contributed by atoms with Crippen LogP contribution in [0.2, 0.25) is 0 Å². The lowest BCUT2D eigenvalue weighted by Crippen LogP contribution is -2.38. The van der Waals surface area contributed by atoms with Crippen LogP contribution in [-0.2, 0) is 4.74 Å². The molecule has 2 aliphatic rings. The number of anilines is 2. The molecular weight excluding hydrogens is 469 g/mol. The molecule has 0 saturated carbocycles. The zero-order valence-corrected chi connectivity index (χ0v) is 20.6. The molecular formula is C24H30FN7O2S. The molecule has 2 aliphatic heterocycles. The Morgan fingerprint density at radius 2 is 2.03 bits per heavy atom. The van der Waals surface area contributed by atoms with Gasteiger partial charge in [0.05, 0.1) is 24.3 Å². The van der Waals surface area contributed by atoms with Gasteiger partial charge in [-0.2, -0.15) is 4.98 Å². The van der Waals surface area contributed by atoms with Gasteiger partial charge in [-0.1, -0.05) is 6.07 Å². The van der Waals surface area contributed by atoms with Crippen molar-refractivity contribution in [3.8, 4) is 0 Å². The average Bonchev–Trinajstić information content (AvgIpc) is 3.30. The van der Waals surface area contributed by atoms with Crippen LogP contribution in [0, 0.1) is 5.82 Å². The van der Waals surface area contributed by atoms with Crippen LogP contribution in [0.5, 0.6) is 0 Å². The van der Waals surface area contributed by atoms with Crippen molar-refractivity contribution in [3.05, 3.63) is 40.8 Å². The first kappa shape index (κ1) is 23.8. The molecule has 5 rings (SSSR count). The van der Waals surface area contributed by atoms with E-state index in [1.807, 2.05) is 11.0 Å². The lowest BCUT2D eigenvalue weighted by Gasteiger charge is -2.32. The smallest absolute Gasteiger partial charge is 0.261 e. The minimum atomic E-state index is -0.444. The Kier molecular flexibility index (Phi) is 7.35. The number of nitrogens with zero attached hydrogens (tertiary/aromatic N) is 5. The van der Waals surface area contributed by atoms with E-state index < -0.39 is 5.82 Å². The fourth-order valence-corrected chi connectivity index (χ4v) is 5.99. The quantitative estimate of drug-likeness (QED) is 0.513. The highest BCUT2D eigenvalue weighted by Crippen LogP contribution is 2.39. The lowest BCUT2D eigenvalue weighted by molar-refractivity contribution is 0.0965. The lowest BCUT2D eigenvalue weighted by atomic mass is 9.87. The third kappa shape index (κ3) is 5.21. The van der Waals surface area contributed by atoms with Crippen LogP contribution in [0.3, 0.4) is 0 Å². The maximum atomic E-state index is 14.3. The molecule has 5 heterocycles. The molecule has 0 aromatic carbocycles. The van der Waals surface area contributed by atoms with Crippen LogP contribution < -0.4 is 15.5 Å². The van der Waals surface area contributed by atoms with E-state index in [1.54, 1.807) is 13.2 Å². The Hall–Kier alpha value is -2.89. The number of hydrogen-bond acceptors (Lipinski definition) is 9. The van der Waals surface area contributed by atoms with Crippen LogP contribution >= 0.6 is 11.3 Å². The minimum Gasteiger partial charge on any atom is -0.378 e. The van der Waals surface area contributed by atoms with Crippen molar-refractivity contribution in [3.63, 3.8) is 0 Å². The summed E-state index contributed by atoms with van der Waals surface area (Å²) in [5, 5.41) is 7.02. The number of amides is 1. The maximum Gasteiger partial charge on any atom is 0.261 e. The molecule has 1 amide bonds. The number of thiophene rings is 1. The van der Waals surface area contributed by atoms with E-state index >= 15 is 0 Å². The number of aromatic nitrogens is 3. The monoisotopic (exact) mass is 499 g/mol. The number of carbonyl (C=O) groups is 1. The molecule has 2 N–H and O–H groups in total. The summed E-state index contributed by atoms with van der Waals surface area (Å²) in [6.45, 7) is 5.88. The molecule has 2 saturated heterocycles. The van der Waals surface area contributed by atoms with Crippen LogP contribution in [0.1, 0.15) is 34.0 Å². The Morgan fingerprint density at radius 1 is 1.23 bits per heavy atom. The van der Waals surface area contributed by atoms with Gasteiger partial charge in [-0.3, -0.25) is 4.79 Å². The molecule has 11 heteroatoms. The number of fused-ring (bicyclic) bond motifs is 1. The van der Waals surface area contributed by atoms with Gasteiger partial charge in [-0.05, 0) is 43.5 Å². The number of nitrogens with one attached hydrogen (secondary N) is 2. The average molecular weight is 500 g/mol. The summed E-state index contributed by atoms with van der Waals surface area (Å²) in [5.41, 5.74) is 1.13. The normalized spacial score (nSPS) is 17.6. The van der Waals surface area contributed by atoms with Gasteiger partial charge in [0.2, 0.25) is 5.95 Å². The number of hydrogen-bond donors (Lipinski definition) is 2. The fraction of sp³-hybridized carbons (Fsp3) is 0.500. The Bertz CT molecular complexity index is 1180. The largest absolute Gasteiger partial charge is 0.378 e. The van der Waals surface area contributed by atoms with E-state index in [0.717, 1.165) is 53.1 Å². The first-order valence-electron chi connectivity index (χ1n) is 12.0. The zero-order valence-electron chi connectivity index (χ0n) is 19.8. The summed E-state index contributed by atoms with van der Waals surface area (Å²) >= 11 is 1.47. The van der Waals surface area contributed by atoms with E-state index in [2.05, 4.69) is 36.6 Å². The predicted octanol–water partition coefficient (Wildman–Crippen LogP) is 2.71. The summed E-state index contributed by atoms with van der Waals surface area (Å²) < 4.78 is 19.7. The van der Waals surface area contributed by atoms with Crippen molar-refractivity contribution in [1.82, 2.24) is 25.2 Å². The molecule has 0 radical (unpaired) electrons. The summed E-state index contributed by atoms with van der Waals surface area (Å²) in [6, 6.07) is 4.00. The molecule has 186 valence electrons. The molecule has 0 unspecified atom stereocenters. The van der Waals surface area contributed by atoms with E-state index in [0.29, 0.717) is 44.7 Å². The molecule has 0 atom stereocenters. The summed E-state index contributed by atoms with van der Waals surface area (Å²) in [7, 11) is 1.67. The van der Waals surface area contributed by atoms with E-state index in [4.69, 9.17) is 4.74 Å². The van der Waals surface area contributed by atoms with E-state index in [9.17, 15) is 9.18 Å². The Balaban J connectivity index is 1.18. The van der Waals surface area contributed by atoms with Gasteiger partial charge in [0.25, 0.3) is 5.91 Å². The second-order valence-electron chi connectivity index (χ2n) is 8.79. The fourth-order valence-electron chi connectivity index (χ4n) is 4.81. The van der Waals surface area contributed by atoms with Crippen molar-refractivity contribution in [1.29, 1.82) is 0 Å². The predicted molar refractivity (Wildman–Crippen MR) is 135 cm³/mol. The number of morpholine rings is 1. The van der Waals surface area contributed by atoms with Crippen molar-refractivity contribution in [2.24, 2.45) is 0 Å². The Morgan fingerprint density at radius 3 is 2.80 bits per heavy atom. The molecule has 2 fully saturated rings. The van der Waals surface area contributed by atoms with Gasteiger partial charge in [-0.15, -0.1) is 11.3 Å². The summed E-state index contributed by atoms with van der Waals surface area (Å²) in [5.74, 6) is 0.601. The SMILES string of the molecule is CNC(=O)c1sc2ncccc2c1C1CCN(CCNc2nc(N3CCOCC3)ncc2F)CC1. The molecule has 35 heavy (non-hydrogen) atoms. The summed E-state index contributed by atoms with van der Waals surface area (Å²) in [6.07, 6.45) is 4.94. The van der Waals surface area contributed by atoms with Gasteiger partial charge in [0.1, 0.15) is 4.83 Å². The topological polar surface area (TPSA) is 95.5 Å². The van der Waals surface area contributed by atoms with Gasteiger partial charge in [0.15, 0.2) is 11.6 Å². The highest BCUT2D eigenvalue weighted by Gasteiger charge is 2.28. The second-order valence-corrected chi connectivity index (χ2v) is 9.79. The third-order valence-electron chi connectivity index (χ3n) is 6.68. The van der Waals surface area contributed by atoms with Crippen LogP contribution in [0.4, 0.5) is 16.2 Å².